The highest BCUT2D eigenvalue weighted by atomic mass is 16.4. The molecule has 6 amide bonds. The van der Waals surface area contributed by atoms with E-state index in [0.717, 1.165) is 6.08 Å². The molecule has 21 heteroatoms. The van der Waals surface area contributed by atoms with Crippen LogP contribution in [0.25, 0.3) is 0 Å². The summed E-state index contributed by atoms with van der Waals surface area (Å²) in [5.41, 5.74) is 21.6. The van der Waals surface area contributed by atoms with Crippen molar-refractivity contribution in [2.24, 2.45) is 45.7 Å². The topological polar surface area (TPSA) is 369 Å². The Morgan fingerprint density at radius 1 is 0.636 bits per heavy atom. The van der Waals surface area contributed by atoms with Crippen LogP contribution >= 0.6 is 0 Å². The van der Waals surface area contributed by atoms with Crippen LogP contribution in [0.15, 0.2) is 29.1 Å². The van der Waals surface area contributed by atoms with Gasteiger partial charge in [0, 0.05) is 6.08 Å². The smallest absolute Gasteiger partial charge is 0.322 e. The fourth-order valence-corrected chi connectivity index (χ4v) is 4.91. The number of nitrogens with zero attached hydrogens (tertiary/aromatic N) is 1. The first-order chi connectivity index (χ1) is 25.4. The summed E-state index contributed by atoms with van der Waals surface area (Å²) in [5, 5.41) is 43.1. The Kier molecular flexibility index (Phi) is 22.3. The zero-order valence-electron chi connectivity index (χ0n) is 32.5. The predicted octanol–water partition coefficient (Wildman–Crippen LogP) is -3.35. The first-order valence-electron chi connectivity index (χ1n) is 17.8. The fraction of sp³-hybridized carbons (Fsp3) is 0.647. The Morgan fingerprint density at radius 3 is 1.45 bits per heavy atom. The van der Waals surface area contributed by atoms with E-state index in [1.54, 1.807) is 41.5 Å². The van der Waals surface area contributed by atoms with Gasteiger partial charge in [-0.3, -0.25) is 33.6 Å². The molecule has 0 rings (SSSR count). The Labute approximate surface area is 320 Å². The van der Waals surface area contributed by atoms with Gasteiger partial charge in [-0.25, -0.2) is 4.99 Å². The third-order valence-corrected chi connectivity index (χ3v) is 7.44. The molecule has 0 aromatic carbocycles. The fourth-order valence-electron chi connectivity index (χ4n) is 4.91. The second-order valence-corrected chi connectivity index (χ2v) is 14.2. The summed E-state index contributed by atoms with van der Waals surface area (Å²) in [4.78, 5) is 94.4. The normalized spacial score (nSPS) is 15.5. The lowest BCUT2D eigenvalue weighted by Gasteiger charge is -2.29. The number of carboxylic acids is 1. The monoisotopic (exact) mass is 783 g/mol. The minimum absolute atomic E-state index is 0.0626. The molecule has 312 valence electrons. The molecule has 0 aliphatic rings. The van der Waals surface area contributed by atoms with Crippen molar-refractivity contribution in [1.29, 1.82) is 0 Å². The molecule has 0 aromatic heterocycles. The molecule has 0 unspecified atom stereocenters. The van der Waals surface area contributed by atoms with Crippen molar-refractivity contribution in [2.75, 3.05) is 13.1 Å². The van der Waals surface area contributed by atoms with Gasteiger partial charge < -0.3 is 70.2 Å². The van der Waals surface area contributed by atoms with Crippen molar-refractivity contribution in [3.8, 4) is 0 Å². The lowest BCUT2D eigenvalue weighted by atomic mass is 9.98. The maximum absolute atomic E-state index is 13.8. The van der Waals surface area contributed by atoms with Crippen molar-refractivity contribution in [3.63, 3.8) is 0 Å². The van der Waals surface area contributed by atoms with Gasteiger partial charge in [0.05, 0.1) is 12.6 Å². The molecule has 0 bridgehead atoms. The Hall–Kier alpha value is -5.44. The lowest BCUT2D eigenvalue weighted by molar-refractivity contribution is -0.139. The van der Waals surface area contributed by atoms with Crippen LogP contribution in [0.3, 0.4) is 0 Å². The number of aliphatic hydroxyl groups is 2. The third kappa shape index (κ3) is 21.1. The van der Waals surface area contributed by atoms with E-state index in [9.17, 15) is 43.8 Å². The zero-order chi connectivity index (χ0) is 42.6. The first-order valence-corrected chi connectivity index (χ1v) is 17.8. The van der Waals surface area contributed by atoms with Crippen molar-refractivity contribution in [1.82, 2.24) is 31.9 Å². The Bertz CT molecular complexity index is 1410. The summed E-state index contributed by atoms with van der Waals surface area (Å²) in [6.07, 6.45) is 2.35. The molecule has 7 atom stereocenters. The van der Waals surface area contributed by atoms with E-state index in [-0.39, 0.29) is 49.5 Å². The van der Waals surface area contributed by atoms with Gasteiger partial charge in [-0.2, -0.15) is 0 Å². The number of carboxylic acid groups (broad SMARTS) is 1. The van der Waals surface area contributed by atoms with Gasteiger partial charge in [0.15, 0.2) is 11.8 Å². The SMILES string of the molecule is CC(C)C[C@H](NC(=O)[C@H](/C=C/CN=C(N)N)NC(=O)[C@@H](N)/C=C(/N)O)C(=O)N[C@@H](CC(C)C)C(=O)N[C@@H](CC(C)C)C(=O)N[C@H](C(=O)NCC(=O)O)[C@@H](C)O. The van der Waals surface area contributed by atoms with Crippen molar-refractivity contribution >= 4 is 47.4 Å². The van der Waals surface area contributed by atoms with Crippen LogP contribution in [-0.4, -0.2) is 118 Å². The third-order valence-electron chi connectivity index (χ3n) is 7.44. The van der Waals surface area contributed by atoms with E-state index in [0.29, 0.717) is 0 Å². The maximum Gasteiger partial charge on any atom is 0.322 e. The van der Waals surface area contributed by atoms with Gasteiger partial charge in [-0.1, -0.05) is 53.7 Å². The summed E-state index contributed by atoms with van der Waals surface area (Å²) in [6, 6.07) is -8.07. The number of aliphatic hydroxyl groups excluding tert-OH is 2. The number of rotatable bonds is 24. The quantitative estimate of drug-likeness (QED) is 0.0197. The number of carbonyl (C=O) groups is 7. The molecule has 55 heavy (non-hydrogen) atoms. The van der Waals surface area contributed by atoms with Crippen molar-refractivity contribution < 1.29 is 48.9 Å². The average Bonchev–Trinajstić information content (AvgIpc) is 3.04. The molecule has 0 aromatic rings. The van der Waals surface area contributed by atoms with Gasteiger partial charge in [0.1, 0.15) is 42.8 Å². The standard InChI is InChI=1S/C34H61N11O10/c1-16(2)11-22(42-29(51)21(9-8-10-39-34(37)38)41-28(50)20(35)14-25(36)47)30(52)43-23(12-17(3)4)31(53)44-24(13-18(5)6)32(54)45-27(19(7)46)33(55)40-15-26(48)49/h8-9,14,16-24,27,46-47H,10-13,15,35-36H2,1-7H3,(H,40,55)(H,41,50)(H,42,51)(H,43,52)(H,44,53)(H,45,54)(H,48,49)(H4,37,38,39)/b9-8+,25-14-/t19-,20+,21+,22+,23+,24+,27+/m1/s1. The van der Waals surface area contributed by atoms with Crippen LogP contribution in [-0.2, 0) is 33.6 Å². The molecule has 0 radical (unpaired) electrons. The number of hydrogen-bond acceptors (Lipinski definition) is 12. The Balaban J connectivity index is 6.38. The average molecular weight is 784 g/mol. The number of carbonyl (C=O) groups excluding carboxylic acids is 6. The second kappa shape index (κ2) is 24.8. The van der Waals surface area contributed by atoms with Crippen LogP contribution in [0.2, 0.25) is 0 Å². The van der Waals surface area contributed by atoms with Crippen molar-refractivity contribution in [3.05, 3.63) is 24.1 Å². The molecule has 0 saturated heterocycles. The van der Waals surface area contributed by atoms with Crippen LogP contribution < -0.4 is 54.8 Å². The molecule has 21 nitrogen and oxygen atoms in total. The number of nitrogens with two attached hydrogens (primary N) is 4. The van der Waals surface area contributed by atoms with E-state index in [2.05, 4.69) is 36.9 Å². The van der Waals surface area contributed by atoms with Gasteiger partial charge in [0.2, 0.25) is 35.4 Å². The molecular weight excluding hydrogens is 722 g/mol. The highest BCUT2D eigenvalue weighted by molar-refractivity contribution is 5.97. The minimum Gasteiger partial charge on any atom is -0.495 e. The summed E-state index contributed by atoms with van der Waals surface area (Å²) < 4.78 is 0. The summed E-state index contributed by atoms with van der Waals surface area (Å²) in [5.74, 6) is -7.78. The molecule has 0 saturated carbocycles. The molecule has 17 N–H and O–H groups in total. The number of aliphatic imine (C=N–C) groups is 1. The molecule has 0 aliphatic carbocycles. The Morgan fingerprint density at radius 2 is 1.07 bits per heavy atom. The van der Waals surface area contributed by atoms with E-state index >= 15 is 0 Å². The largest absolute Gasteiger partial charge is 0.495 e. The van der Waals surface area contributed by atoms with Crippen LogP contribution in [0, 0.1) is 17.8 Å². The van der Waals surface area contributed by atoms with Gasteiger partial charge in [0.25, 0.3) is 0 Å². The number of aliphatic carboxylic acids is 1. The first kappa shape index (κ1) is 49.6. The zero-order valence-corrected chi connectivity index (χ0v) is 32.5. The molecule has 0 fully saturated rings. The highest BCUT2D eigenvalue weighted by Crippen LogP contribution is 2.12. The molecule has 0 heterocycles. The van der Waals surface area contributed by atoms with Crippen LogP contribution in [0.4, 0.5) is 0 Å². The molecule has 0 spiro atoms. The van der Waals surface area contributed by atoms with E-state index in [1.807, 2.05) is 0 Å². The summed E-state index contributed by atoms with van der Waals surface area (Å²) in [7, 11) is 0. The van der Waals surface area contributed by atoms with Gasteiger partial charge in [-0.05, 0) is 43.9 Å². The summed E-state index contributed by atoms with van der Waals surface area (Å²) in [6.45, 7) is 11.2. The predicted molar refractivity (Wildman–Crippen MR) is 203 cm³/mol. The molecular formula is C34H61N11O10. The maximum atomic E-state index is 13.8. The van der Waals surface area contributed by atoms with Gasteiger partial charge >= 0.3 is 5.97 Å². The van der Waals surface area contributed by atoms with E-state index in [4.69, 9.17) is 28.0 Å². The molecule has 0 aliphatic heterocycles. The minimum atomic E-state index is -1.54. The number of nitrogens with one attached hydrogen (secondary N) is 6. The van der Waals surface area contributed by atoms with E-state index in [1.165, 1.54) is 19.1 Å². The number of hydrogen-bond donors (Lipinski definition) is 13. The highest BCUT2D eigenvalue weighted by Gasteiger charge is 2.34. The van der Waals surface area contributed by atoms with Crippen molar-refractivity contribution in [2.45, 2.75) is 110 Å². The van der Waals surface area contributed by atoms with Crippen LogP contribution in [0.1, 0.15) is 67.7 Å². The van der Waals surface area contributed by atoms with E-state index < -0.39 is 96.2 Å². The number of guanidine groups is 1. The summed E-state index contributed by atoms with van der Waals surface area (Å²) >= 11 is 0. The lowest BCUT2D eigenvalue weighted by Crippen LogP contribution is -2.60. The number of amides is 6. The second-order valence-electron chi connectivity index (χ2n) is 14.2. The van der Waals surface area contributed by atoms with Crippen LogP contribution in [0.5, 0.6) is 0 Å². The van der Waals surface area contributed by atoms with Gasteiger partial charge in [-0.15, -0.1) is 0 Å².